The van der Waals surface area contributed by atoms with Crippen molar-refractivity contribution in [1.82, 2.24) is 0 Å². The predicted octanol–water partition coefficient (Wildman–Crippen LogP) is 2.76. The molecule has 27 heavy (non-hydrogen) atoms. The maximum Gasteiger partial charge on any atom is 0.303 e. The monoisotopic (exact) mass is 376 g/mol. The first-order chi connectivity index (χ1) is 13.0. The number of methoxy groups -OCH3 is 3. The SMILES string of the molecule is COc1ccc(C(OC(C)=O)C(CO)Oc2ccccc2OC)cc1OC. The summed E-state index contributed by atoms with van der Waals surface area (Å²) in [5, 5.41) is 9.91. The number of ether oxygens (including phenoxy) is 5. The van der Waals surface area contributed by atoms with Crippen molar-refractivity contribution in [3.63, 3.8) is 0 Å². The Kier molecular flexibility index (Phi) is 7.31. The van der Waals surface area contributed by atoms with E-state index in [0.717, 1.165) is 0 Å². The molecule has 0 aliphatic rings. The highest BCUT2D eigenvalue weighted by molar-refractivity contribution is 5.66. The highest BCUT2D eigenvalue weighted by atomic mass is 16.6. The maximum absolute atomic E-state index is 11.7. The number of hydrogen-bond donors (Lipinski definition) is 1. The van der Waals surface area contributed by atoms with E-state index >= 15 is 0 Å². The van der Waals surface area contributed by atoms with Crippen LogP contribution in [0.25, 0.3) is 0 Å². The highest BCUT2D eigenvalue weighted by Gasteiger charge is 2.29. The lowest BCUT2D eigenvalue weighted by Gasteiger charge is -2.27. The number of esters is 1. The molecule has 0 bridgehead atoms. The standard InChI is InChI=1S/C20H24O7/c1-13(22)26-20(14-9-10-16(24-3)18(11-14)25-4)19(12-21)27-17-8-6-5-7-15(17)23-2/h5-11,19-21H,12H2,1-4H3. The molecule has 0 aliphatic carbocycles. The molecule has 7 nitrogen and oxygen atoms in total. The van der Waals surface area contributed by atoms with Gasteiger partial charge in [0.25, 0.3) is 0 Å². The Bertz CT molecular complexity index is 760. The summed E-state index contributed by atoms with van der Waals surface area (Å²) in [5.74, 6) is 1.44. The van der Waals surface area contributed by atoms with E-state index in [1.54, 1.807) is 42.5 Å². The Morgan fingerprint density at radius 2 is 1.52 bits per heavy atom. The number of aliphatic hydroxyl groups excluding tert-OH is 1. The Labute approximate surface area is 158 Å². The van der Waals surface area contributed by atoms with Gasteiger partial charge in [-0.25, -0.2) is 0 Å². The summed E-state index contributed by atoms with van der Waals surface area (Å²) < 4.78 is 27.2. The quantitative estimate of drug-likeness (QED) is 0.674. The van der Waals surface area contributed by atoms with Crippen molar-refractivity contribution in [2.75, 3.05) is 27.9 Å². The fourth-order valence-electron chi connectivity index (χ4n) is 2.64. The topological polar surface area (TPSA) is 83.5 Å². The van der Waals surface area contributed by atoms with Crippen molar-refractivity contribution in [3.8, 4) is 23.0 Å². The lowest BCUT2D eigenvalue weighted by atomic mass is 10.0. The average Bonchev–Trinajstić information content (AvgIpc) is 2.70. The molecule has 0 amide bonds. The van der Waals surface area contributed by atoms with Crippen molar-refractivity contribution >= 4 is 5.97 Å². The minimum Gasteiger partial charge on any atom is -0.493 e. The smallest absolute Gasteiger partial charge is 0.303 e. The second-order valence-corrected chi connectivity index (χ2v) is 5.63. The van der Waals surface area contributed by atoms with Crippen molar-refractivity contribution in [2.24, 2.45) is 0 Å². The fraction of sp³-hybridized carbons (Fsp3) is 0.350. The van der Waals surface area contributed by atoms with Crippen LogP contribution in [0.3, 0.4) is 0 Å². The number of carbonyl (C=O) groups excluding carboxylic acids is 1. The molecule has 2 rings (SSSR count). The number of hydrogen-bond acceptors (Lipinski definition) is 7. The molecule has 0 saturated carbocycles. The van der Waals surface area contributed by atoms with Gasteiger partial charge in [0.15, 0.2) is 35.2 Å². The molecular formula is C20H24O7. The van der Waals surface area contributed by atoms with E-state index in [1.165, 1.54) is 28.3 Å². The van der Waals surface area contributed by atoms with Crippen LogP contribution in [-0.4, -0.2) is 45.1 Å². The molecule has 7 heteroatoms. The molecular weight excluding hydrogens is 352 g/mol. The molecule has 2 aromatic rings. The summed E-state index contributed by atoms with van der Waals surface area (Å²) in [5.41, 5.74) is 0.594. The highest BCUT2D eigenvalue weighted by Crippen LogP contribution is 2.35. The predicted molar refractivity (Wildman–Crippen MR) is 98.5 cm³/mol. The maximum atomic E-state index is 11.7. The minimum atomic E-state index is -0.864. The molecule has 0 spiro atoms. The third-order valence-corrected chi connectivity index (χ3v) is 3.89. The first-order valence-corrected chi connectivity index (χ1v) is 8.33. The minimum absolute atomic E-state index is 0.385. The number of para-hydroxylation sites is 2. The lowest BCUT2D eigenvalue weighted by Crippen LogP contribution is -2.32. The second-order valence-electron chi connectivity index (χ2n) is 5.63. The summed E-state index contributed by atoms with van der Waals surface area (Å²) in [4.78, 5) is 11.7. The average molecular weight is 376 g/mol. The molecule has 0 radical (unpaired) electrons. The van der Waals surface area contributed by atoms with Crippen molar-refractivity contribution in [3.05, 3.63) is 48.0 Å². The number of aliphatic hydroxyl groups is 1. The van der Waals surface area contributed by atoms with Gasteiger partial charge in [-0.2, -0.15) is 0 Å². The Balaban J connectivity index is 2.39. The van der Waals surface area contributed by atoms with Gasteiger partial charge in [0, 0.05) is 12.5 Å². The van der Waals surface area contributed by atoms with Crippen LogP contribution in [0.1, 0.15) is 18.6 Å². The summed E-state index contributed by atoms with van der Waals surface area (Å²) >= 11 is 0. The van der Waals surface area contributed by atoms with Gasteiger partial charge in [0.1, 0.15) is 0 Å². The number of carbonyl (C=O) groups is 1. The Morgan fingerprint density at radius 3 is 2.07 bits per heavy atom. The molecule has 0 aromatic heterocycles. The second kappa shape index (κ2) is 9.68. The van der Waals surface area contributed by atoms with E-state index in [1.807, 2.05) is 0 Å². The van der Waals surface area contributed by atoms with Gasteiger partial charge in [-0.15, -0.1) is 0 Å². The van der Waals surface area contributed by atoms with Gasteiger partial charge >= 0.3 is 5.97 Å². The zero-order chi connectivity index (χ0) is 19.8. The van der Waals surface area contributed by atoms with Crippen LogP contribution in [0.15, 0.2) is 42.5 Å². The fourth-order valence-corrected chi connectivity index (χ4v) is 2.64. The zero-order valence-electron chi connectivity index (χ0n) is 15.8. The zero-order valence-corrected chi connectivity index (χ0v) is 15.8. The molecule has 146 valence electrons. The van der Waals surface area contributed by atoms with Crippen LogP contribution in [0, 0.1) is 0 Å². The summed E-state index contributed by atoms with van der Waals surface area (Å²) in [7, 11) is 4.56. The van der Waals surface area contributed by atoms with Crippen molar-refractivity contribution in [1.29, 1.82) is 0 Å². The van der Waals surface area contributed by atoms with E-state index in [0.29, 0.717) is 28.6 Å². The van der Waals surface area contributed by atoms with Crippen molar-refractivity contribution in [2.45, 2.75) is 19.1 Å². The van der Waals surface area contributed by atoms with E-state index in [4.69, 9.17) is 23.7 Å². The summed E-state index contributed by atoms with van der Waals surface area (Å²) in [6, 6.07) is 12.1. The van der Waals surface area contributed by atoms with Gasteiger partial charge in [0.05, 0.1) is 27.9 Å². The normalized spacial score (nSPS) is 12.6. The molecule has 0 saturated heterocycles. The van der Waals surface area contributed by atoms with Crippen LogP contribution >= 0.6 is 0 Å². The molecule has 1 N–H and O–H groups in total. The van der Waals surface area contributed by atoms with E-state index in [2.05, 4.69) is 0 Å². The van der Waals surface area contributed by atoms with Gasteiger partial charge in [0.2, 0.25) is 0 Å². The Hall–Kier alpha value is -2.93. The van der Waals surface area contributed by atoms with Gasteiger partial charge in [-0.05, 0) is 24.3 Å². The molecule has 2 aromatic carbocycles. The summed E-state index contributed by atoms with van der Waals surface area (Å²) in [6.45, 7) is 0.912. The molecule has 2 unspecified atom stereocenters. The van der Waals surface area contributed by atoms with Crippen LogP contribution in [0.2, 0.25) is 0 Å². The van der Waals surface area contributed by atoms with Crippen LogP contribution in [0.4, 0.5) is 0 Å². The van der Waals surface area contributed by atoms with Gasteiger partial charge in [-0.1, -0.05) is 18.2 Å². The molecule has 2 atom stereocenters. The largest absolute Gasteiger partial charge is 0.493 e. The van der Waals surface area contributed by atoms with Crippen molar-refractivity contribution < 1.29 is 33.6 Å². The number of benzene rings is 2. The third kappa shape index (κ3) is 5.04. The van der Waals surface area contributed by atoms with Crippen LogP contribution in [0.5, 0.6) is 23.0 Å². The van der Waals surface area contributed by atoms with Gasteiger partial charge < -0.3 is 28.8 Å². The number of rotatable bonds is 9. The Morgan fingerprint density at radius 1 is 0.926 bits per heavy atom. The first kappa shape index (κ1) is 20.4. The van der Waals surface area contributed by atoms with E-state index < -0.39 is 18.2 Å². The lowest BCUT2D eigenvalue weighted by molar-refractivity contribution is -0.153. The van der Waals surface area contributed by atoms with E-state index in [-0.39, 0.29) is 6.61 Å². The van der Waals surface area contributed by atoms with Crippen LogP contribution in [-0.2, 0) is 9.53 Å². The van der Waals surface area contributed by atoms with E-state index in [9.17, 15) is 9.90 Å². The van der Waals surface area contributed by atoms with Gasteiger partial charge in [-0.3, -0.25) is 4.79 Å². The molecule has 0 heterocycles. The molecule has 0 fully saturated rings. The third-order valence-electron chi connectivity index (χ3n) is 3.89. The first-order valence-electron chi connectivity index (χ1n) is 8.33. The summed E-state index contributed by atoms with van der Waals surface area (Å²) in [6.07, 6.45) is -1.72. The molecule has 0 aliphatic heterocycles. The van der Waals surface area contributed by atoms with Crippen LogP contribution < -0.4 is 18.9 Å².